The lowest BCUT2D eigenvalue weighted by molar-refractivity contribution is -0.132. The molecule has 2 aromatic rings. The molecule has 1 aromatic heterocycles. The van der Waals surface area contributed by atoms with Crippen molar-refractivity contribution in [1.82, 2.24) is 14.8 Å². The van der Waals surface area contributed by atoms with E-state index in [4.69, 9.17) is 16.9 Å². The summed E-state index contributed by atoms with van der Waals surface area (Å²) < 4.78 is 0. The van der Waals surface area contributed by atoms with Crippen molar-refractivity contribution in [2.45, 2.75) is 31.3 Å². The zero-order valence-electron chi connectivity index (χ0n) is 15.1. The predicted octanol–water partition coefficient (Wildman–Crippen LogP) is 2.89. The highest BCUT2D eigenvalue weighted by Crippen LogP contribution is 2.27. The van der Waals surface area contributed by atoms with Crippen LogP contribution in [0.5, 0.6) is 0 Å². The summed E-state index contributed by atoms with van der Waals surface area (Å²) in [6, 6.07) is 10.1. The second kappa shape index (κ2) is 7.71. The monoisotopic (exact) mass is 383 g/mol. The molecule has 140 valence electrons. The van der Waals surface area contributed by atoms with E-state index in [2.05, 4.69) is 27.3 Å². The molecule has 3 heterocycles. The van der Waals surface area contributed by atoms with Crippen molar-refractivity contribution in [2.24, 2.45) is 0 Å². The van der Waals surface area contributed by atoms with Gasteiger partial charge in [0, 0.05) is 42.9 Å². The van der Waals surface area contributed by atoms with Crippen molar-refractivity contribution >= 4 is 34.1 Å². The Bertz CT molecular complexity index is 896. The van der Waals surface area contributed by atoms with E-state index in [1.165, 1.54) is 0 Å². The Morgan fingerprint density at radius 1 is 1.37 bits per heavy atom. The summed E-state index contributed by atoms with van der Waals surface area (Å²) in [5, 5.41) is 14.3. The molecule has 0 aliphatic carbocycles. The summed E-state index contributed by atoms with van der Waals surface area (Å²) in [7, 11) is 0. The second-order valence-electron chi connectivity index (χ2n) is 7.27. The van der Waals surface area contributed by atoms with Crippen molar-refractivity contribution in [2.75, 3.05) is 31.5 Å². The van der Waals surface area contributed by atoms with E-state index in [1.54, 1.807) is 11.1 Å². The van der Waals surface area contributed by atoms with Crippen molar-refractivity contribution < 1.29 is 4.79 Å². The number of halogens is 1. The molecule has 4 rings (SSSR count). The number of hydrogen-bond acceptors (Lipinski definition) is 5. The van der Waals surface area contributed by atoms with Crippen molar-refractivity contribution in [1.29, 1.82) is 5.26 Å². The molecule has 0 spiro atoms. The molecule has 2 saturated heterocycles. The number of benzene rings is 1. The molecule has 1 aromatic carbocycles. The lowest BCUT2D eigenvalue weighted by Gasteiger charge is -2.23. The summed E-state index contributed by atoms with van der Waals surface area (Å²) in [6.07, 6.45) is 4.43. The highest BCUT2D eigenvalue weighted by Gasteiger charge is 2.31. The van der Waals surface area contributed by atoms with E-state index < -0.39 is 0 Å². The minimum atomic E-state index is -0.248. The number of aromatic nitrogens is 1. The molecule has 0 radical (unpaired) electrons. The van der Waals surface area contributed by atoms with Crippen LogP contribution in [0, 0.1) is 11.3 Å². The molecular formula is C20H22ClN5O. The van der Waals surface area contributed by atoms with E-state index in [9.17, 15) is 4.79 Å². The molecule has 6 nitrogen and oxygen atoms in total. The molecule has 0 saturated carbocycles. The number of carbonyl (C=O) groups excluding carboxylic acids is 1. The molecule has 1 amide bonds. The van der Waals surface area contributed by atoms with E-state index in [-0.39, 0.29) is 18.0 Å². The van der Waals surface area contributed by atoms with Crippen molar-refractivity contribution in [3.05, 3.63) is 35.5 Å². The van der Waals surface area contributed by atoms with E-state index >= 15 is 0 Å². The van der Waals surface area contributed by atoms with Gasteiger partial charge in [-0.25, -0.2) is 0 Å². The Labute approximate surface area is 163 Å². The molecule has 27 heavy (non-hydrogen) atoms. The number of amides is 1. The first kappa shape index (κ1) is 18.0. The fourth-order valence-corrected chi connectivity index (χ4v) is 4.32. The summed E-state index contributed by atoms with van der Waals surface area (Å²) in [5.41, 5.74) is 1.78. The lowest BCUT2D eigenvalue weighted by atomic mass is 10.1. The number of nitrogens with one attached hydrogen (secondary N) is 1. The van der Waals surface area contributed by atoms with Gasteiger partial charge >= 0.3 is 0 Å². The summed E-state index contributed by atoms with van der Waals surface area (Å²) in [4.78, 5) is 20.7. The third-order valence-corrected chi connectivity index (χ3v) is 5.67. The van der Waals surface area contributed by atoms with Gasteiger partial charge in [-0.3, -0.25) is 14.7 Å². The van der Waals surface area contributed by atoms with Crippen molar-refractivity contribution in [3.8, 4) is 6.07 Å². The van der Waals surface area contributed by atoms with Gasteiger partial charge in [0.2, 0.25) is 5.91 Å². The average Bonchev–Trinajstić information content (AvgIpc) is 3.31. The Morgan fingerprint density at radius 2 is 2.26 bits per heavy atom. The summed E-state index contributed by atoms with van der Waals surface area (Å²) in [6.45, 7) is 2.77. The van der Waals surface area contributed by atoms with Gasteiger partial charge in [-0.15, -0.1) is 0 Å². The zero-order chi connectivity index (χ0) is 18.8. The Kier molecular flexibility index (Phi) is 5.15. The second-order valence-corrected chi connectivity index (χ2v) is 7.68. The van der Waals surface area contributed by atoms with Crippen molar-refractivity contribution in [3.63, 3.8) is 0 Å². The standard InChI is InChI=1S/C20H22ClN5O/c21-18-10-16(9-14-3-1-6-23-20(14)18)24-15-5-8-25(12-15)13-19(27)26-7-2-4-17(26)11-22/h1,3,6,9-10,15,17,24H,2,4-5,7-8,12-13H2/t15-,17+/m1/s1. The number of fused-ring (bicyclic) bond motifs is 1. The van der Waals surface area contributed by atoms with Crippen LogP contribution >= 0.6 is 11.6 Å². The number of pyridine rings is 1. The van der Waals surface area contributed by atoms with E-state index in [0.717, 1.165) is 48.9 Å². The topological polar surface area (TPSA) is 72.3 Å². The van der Waals surface area contributed by atoms with Crippen LogP contribution in [0.3, 0.4) is 0 Å². The van der Waals surface area contributed by atoms with Crippen LogP contribution in [0.25, 0.3) is 10.9 Å². The number of anilines is 1. The third kappa shape index (κ3) is 3.85. The minimum Gasteiger partial charge on any atom is -0.381 e. The Morgan fingerprint density at radius 3 is 3.11 bits per heavy atom. The fourth-order valence-electron chi connectivity index (χ4n) is 4.04. The first-order chi connectivity index (χ1) is 13.1. The molecule has 0 bridgehead atoms. The fraction of sp³-hybridized carbons (Fsp3) is 0.450. The molecule has 0 unspecified atom stereocenters. The quantitative estimate of drug-likeness (QED) is 0.878. The van der Waals surface area contributed by atoms with Gasteiger partial charge in [0.05, 0.1) is 23.2 Å². The normalized spacial score (nSPS) is 22.9. The van der Waals surface area contributed by atoms with Crippen LogP contribution in [0.15, 0.2) is 30.5 Å². The number of nitrogens with zero attached hydrogens (tertiary/aromatic N) is 4. The van der Waals surface area contributed by atoms with Gasteiger partial charge in [-0.2, -0.15) is 5.26 Å². The maximum atomic E-state index is 12.5. The number of likely N-dealkylation sites (tertiary alicyclic amines) is 2. The Hall–Kier alpha value is -2.36. The first-order valence-electron chi connectivity index (χ1n) is 9.36. The number of hydrogen-bond donors (Lipinski definition) is 1. The molecule has 2 atom stereocenters. The molecule has 2 fully saturated rings. The van der Waals surface area contributed by atoms with Crippen LogP contribution in [-0.4, -0.2) is 59.0 Å². The third-order valence-electron chi connectivity index (χ3n) is 5.38. The lowest BCUT2D eigenvalue weighted by Crippen LogP contribution is -2.42. The molecule has 1 N–H and O–H groups in total. The van der Waals surface area contributed by atoms with Crippen LogP contribution in [0.4, 0.5) is 5.69 Å². The Balaban J connectivity index is 1.36. The predicted molar refractivity (Wildman–Crippen MR) is 106 cm³/mol. The van der Waals surface area contributed by atoms with Gasteiger partial charge in [0.1, 0.15) is 6.04 Å². The zero-order valence-corrected chi connectivity index (χ0v) is 15.8. The minimum absolute atomic E-state index is 0.0690. The highest BCUT2D eigenvalue weighted by atomic mass is 35.5. The smallest absolute Gasteiger partial charge is 0.237 e. The summed E-state index contributed by atoms with van der Waals surface area (Å²) >= 11 is 6.36. The number of rotatable bonds is 4. The summed E-state index contributed by atoms with van der Waals surface area (Å²) in [5.74, 6) is 0.0690. The molecular weight excluding hydrogens is 362 g/mol. The van der Waals surface area contributed by atoms with Gasteiger partial charge in [0.15, 0.2) is 0 Å². The number of carbonyl (C=O) groups is 1. The van der Waals surface area contributed by atoms with E-state index in [0.29, 0.717) is 18.1 Å². The van der Waals surface area contributed by atoms with Crippen LogP contribution < -0.4 is 5.32 Å². The molecule has 2 aliphatic heterocycles. The first-order valence-corrected chi connectivity index (χ1v) is 9.74. The maximum Gasteiger partial charge on any atom is 0.237 e. The SMILES string of the molecule is N#C[C@@H]1CCCN1C(=O)CN1CC[C@@H](Nc2cc(Cl)c3ncccc3c2)C1. The van der Waals surface area contributed by atoms with E-state index in [1.807, 2.05) is 18.2 Å². The van der Waals surface area contributed by atoms with Crippen LogP contribution in [-0.2, 0) is 4.79 Å². The van der Waals surface area contributed by atoms with Crippen LogP contribution in [0.2, 0.25) is 5.02 Å². The maximum absolute atomic E-state index is 12.5. The molecule has 7 heteroatoms. The van der Waals surface area contributed by atoms with Gasteiger partial charge < -0.3 is 10.2 Å². The average molecular weight is 384 g/mol. The largest absolute Gasteiger partial charge is 0.381 e. The van der Waals surface area contributed by atoms with Gasteiger partial charge in [-0.1, -0.05) is 17.7 Å². The highest BCUT2D eigenvalue weighted by molar-refractivity contribution is 6.35. The number of nitriles is 1. The van der Waals surface area contributed by atoms with Gasteiger partial charge in [0.25, 0.3) is 0 Å². The van der Waals surface area contributed by atoms with Crippen LogP contribution in [0.1, 0.15) is 19.3 Å². The molecule has 2 aliphatic rings. The van der Waals surface area contributed by atoms with Gasteiger partial charge in [-0.05, 0) is 37.5 Å².